The molecule has 1 fully saturated rings. The molecule has 1 saturated carbocycles. The van der Waals surface area contributed by atoms with Crippen molar-refractivity contribution in [2.24, 2.45) is 17.8 Å². The van der Waals surface area contributed by atoms with Crippen molar-refractivity contribution in [3.8, 4) is 0 Å². The Morgan fingerprint density at radius 2 is 2.07 bits per heavy atom. The third-order valence-corrected chi connectivity index (χ3v) is 3.83. The maximum absolute atomic E-state index is 8.64. The summed E-state index contributed by atoms with van der Waals surface area (Å²) < 4.78 is 0. The molecule has 0 heterocycles. The molecule has 15 heavy (non-hydrogen) atoms. The molecule has 2 N–H and O–H groups in total. The van der Waals surface area contributed by atoms with E-state index in [2.05, 4.69) is 17.5 Å². The molecule has 2 aliphatic rings. The minimum Gasteiger partial charge on any atom is -0.396 e. The molecule has 2 heteroatoms. The minimum absolute atomic E-state index is 0.344. The van der Waals surface area contributed by atoms with Crippen molar-refractivity contribution in [1.29, 1.82) is 0 Å². The molecule has 0 aliphatic heterocycles. The maximum Gasteiger partial charge on any atom is 0.0431 e. The van der Waals surface area contributed by atoms with Gasteiger partial charge in [-0.05, 0) is 62.9 Å². The highest BCUT2D eigenvalue weighted by molar-refractivity contribution is 5.10. The smallest absolute Gasteiger partial charge is 0.0431 e. The Labute approximate surface area is 92.8 Å². The van der Waals surface area contributed by atoms with Crippen LogP contribution in [0.25, 0.3) is 0 Å². The predicted octanol–water partition coefficient (Wildman–Crippen LogP) is 1.95. The summed E-state index contributed by atoms with van der Waals surface area (Å²) in [5, 5.41) is 12.2. The highest BCUT2D eigenvalue weighted by Crippen LogP contribution is 2.42. The van der Waals surface area contributed by atoms with Gasteiger partial charge in [0.25, 0.3) is 0 Å². The van der Waals surface area contributed by atoms with E-state index in [1.165, 1.54) is 25.8 Å². The van der Waals surface area contributed by atoms with Gasteiger partial charge in [-0.3, -0.25) is 0 Å². The van der Waals surface area contributed by atoms with E-state index >= 15 is 0 Å². The van der Waals surface area contributed by atoms with E-state index in [1.54, 1.807) is 0 Å². The number of fused-ring (bicyclic) bond motifs is 2. The standard InChI is InChI=1S/C13H23NO/c15-7-3-1-2-6-14-10-13-9-11-4-5-12(13)8-11/h4-5,11-15H,1-3,6-10H2. The van der Waals surface area contributed by atoms with Gasteiger partial charge in [-0.25, -0.2) is 0 Å². The summed E-state index contributed by atoms with van der Waals surface area (Å²) in [5.41, 5.74) is 0. The van der Waals surface area contributed by atoms with Gasteiger partial charge in [-0.2, -0.15) is 0 Å². The van der Waals surface area contributed by atoms with Crippen LogP contribution in [0.5, 0.6) is 0 Å². The van der Waals surface area contributed by atoms with Crippen molar-refractivity contribution in [2.75, 3.05) is 19.7 Å². The SMILES string of the molecule is OCCCCCNCC1CC2C=CC1C2. The van der Waals surface area contributed by atoms with Gasteiger partial charge in [0, 0.05) is 6.61 Å². The Kier molecular flexibility index (Phi) is 4.21. The quantitative estimate of drug-likeness (QED) is 0.496. The van der Waals surface area contributed by atoms with Crippen LogP contribution in [0.1, 0.15) is 32.1 Å². The number of nitrogens with one attached hydrogen (secondary N) is 1. The molecule has 0 spiro atoms. The fourth-order valence-electron chi connectivity index (χ4n) is 2.96. The van der Waals surface area contributed by atoms with Gasteiger partial charge in [0.2, 0.25) is 0 Å². The third kappa shape index (κ3) is 3.05. The number of allylic oxidation sites excluding steroid dienone is 2. The maximum atomic E-state index is 8.64. The summed E-state index contributed by atoms with van der Waals surface area (Å²) in [5.74, 6) is 2.67. The Balaban J connectivity index is 1.50. The minimum atomic E-state index is 0.344. The van der Waals surface area contributed by atoms with E-state index in [9.17, 15) is 0 Å². The van der Waals surface area contributed by atoms with Crippen LogP contribution in [-0.2, 0) is 0 Å². The van der Waals surface area contributed by atoms with Crippen molar-refractivity contribution in [3.63, 3.8) is 0 Å². The van der Waals surface area contributed by atoms with E-state index < -0.39 is 0 Å². The normalized spacial score (nSPS) is 32.7. The number of unbranched alkanes of at least 4 members (excludes halogenated alkanes) is 2. The number of rotatable bonds is 7. The molecule has 0 radical (unpaired) electrons. The van der Waals surface area contributed by atoms with Crippen molar-refractivity contribution in [1.82, 2.24) is 5.32 Å². The second-order valence-corrected chi connectivity index (χ2v) is 5.03. The molecule has 0 aromatic carbocycles. The van der Waals surface area contributed by atoms with Gasteiger partial charge in [0.15, 0.2) is 0 Å². The lowest BCUT2D eigenvalue weighted by Crippen LogP contribution is -2.26. The molecule has 2 nitrogen and oxygen atoms in total. The summed E-state index contributed by atoms with van der Waals surface area (Å²) in [6, 6.07) is 0. The Hall–Kier alpha value is -0.340. The molecule has 86 valence electrons. The van der Waals surface area contributed by atoms with Crippen LogP contribution in [0.2, 0.25) is 0 Å². The molecule has 0 amide bonds. The highest BCUT2D eigenvalue weighted by Gasteiger charge is 2.34. The first-order chi connectivity index (χ1) is 7.40. The number of aliphatic hydroxyl groups is 1. The van der Waals surface area contributed by atoms with Crippen LogP contribution < -0.4 is 5.32 Å². The zero-order chi connectivity index (χ0) is 10.5. The second kappa shape index (κ2) is 5.66. The summed E-state index contributed by atoms with van der Waals surface area (Å²) >= 11 is 0. The van der Waals surface area contributed by atoms with Crippen LogP contribution >= 0.6 is 0 Å². The lowest BCUT2D eigenvalue weighted by atomic mass is 9.93. The van der Waals surface area contributed by atoms with Gasteiger partial charge >= 0.3 is 0 Å². The molecular weight excluding hydrogens is 186 g/mol. The molecular formula is C13H23NO. The zero-order valence-corrected chi connectivity index (χ0v) is 9.49. The summed E-state index contributed by atoms with van der Waals surface area (Å²) in [6.45, 7) is 2.67. The first kappa shape index (κ1) is 11.2. The number of hydrogen-bond acceptors (Lipinski definition) is 2. The third-order valence-electron chi connectivity index (χ3n) is 3.83. The van der Waals surface area contributed by atoms with Crippen molar-refractivity contribution >= 4 is 0 Å². The van der Waals surface area contributed by atoms with Crippen LogP contribution in [0.15, 0.2) is 12.2 Å². The van der Waals surface area contributed by atoms with E-state index in [1.807, 2.05) is 0 Å². The van der Waals surface area contributed by atoms with Crippen LogP contribution in [0.3, 0.4) is 0 Å². The fourth-order valence-corrected chi connectivity index (χ4v) is 2.96. The monoisotopic (exact) mass is 209 g/mol. The van der Waals surface area contributed by atoms with Crippen molar-refractivity contribution in [2.45, 2.75) is 32.1 Å². The lowest BCUT2D eigenvalue weighted by Gasteiger charge is -2.18. The first-order valence-electron chi connectivity index (χ1n) is 6.40. The Morgan fingerprint density at radius 1 is 1.13 bits per heavy atom. The molecule has 3 atom stereocenters. The summed E-state index contributed by atoms with van der Waals surface area (Å²) in [6.07, 6.45) is 11.0. The molecule has 2 bridgehead atoms. The van der Waals surface area contributed by atoms with Crippen LogP contribution in [0.4, 0.5) is 0 Å². The number of aliphatic hydroxyl groups excluding tert-OH is 1. The Morgan fingerprint density at radius 3 is 2.73 bits per heavy atom. The largest absolute Gasteiger partial charge is 0.396 e. The van der Waals surface area contributed by atoms with Crippen LogP contribution in [0, 0.1) is 17.8 Å². The fraction of sp³-hybridized carbons (Fsp3) is 0.846. The average Bonchev–Trinajstić information content (AvgIpc) is 2.85. The van der Waals surface area contributed by atoms with Gasteiger partial charge in [-0.1, -0.05) is 12.2 Å². The van der Waals surface area contributed by atoms with E-state index in [0.29, 0.717) is 6.61 Å². The van der Waals surface area contributed by atoms with Crippen molar-refractivity contribution < 1.29 is 5.11 Å². The van der Waals surface area contributed by atoms with E-state index in [4.69, 9.17) is 5.11 Å². The highest BCUT2D eigenvalue weighted by atomic mass is 16.2. The molecule has 0 aromatic rings. The van der Waals surface area contributed by atoms with Gasteiger partial charge < -0.3 is 10.4 Å². The predicted molar refractivity (Wildman–Crippen MR) is 62.7 cm³/mol. The molecule has 3 unspecified atom stereocenters. The second-order valence-electron chi connectivity index (χ2n) is 5.03. The Bertz CT molecular complexity index is 215. The zero-order valence-electron chi connectivity index (χ0n) is 9.49. The first-order valence-corrected chi connectivity index (χ1v) is 6.40. The van der Waals surface area contributed by atoms with Crippen molar-refractivity contribution in [3.05, 3.63) is 12.2 Å². The molecule has 0 saturated heterocycles. The van der Waals surface area contributed by atoms with Gasteiger partial charge in [0.1, 0.15) is 0 Å². The lowest BCUT2D eigenvalue weighted by molar-refractivity contribution is 0.282. The average molecular weight is 209 g/mol. The van der Waals surface area contributed by atoms with Crippen LogP contribution in [-0.4, -0.2) is 24.8 Å². The summed E-state index contributed by atoms with van der Waals surface area (Å²) in [4.78, 5) is 0. The van der Waals surface area contributed by atoms with E-state index in [0.717, 1.165) is 37.1 Å². The number of hydrogen-bond donors (Lipinski definition) is 2. The van der Waals surface area contributed by atoms with Gasteiger partial charge in [-0.15, -0.1) is 0 Å². The molecule has 2 aliphatic carbocycles. The molecule has 2 rings (SSSR count). The topological polar surface area (TPSA) is 32.3 Å². The molecule has 0 aromatic heterocycles. The van der Waals surface area contributed by atoms with E-state index in [-0.39, 0.29) is 0 Å². The van der Waals surface area contributed by atoms with Gasteiger partial charge in [0.05, 0.1) is 0 Å². The summed E-state index contributed by atoms with van der Waals surface area (Å²) in [7, 11) is 0.